The third kappa shape index (κ3) is 6.16. The lowest BCUT2D eigenvalue weighted by Crippen LogP contribution is -2.41. The second kappa shape index (κ2) is 10.4. The van der Waals surface area contributed by atoms with E-state index in [1.807, 2.05) is 63.4 Å². The Morgan fingerprint density at radius 2 is 1.79 bits per heavy atom. The molecule has 0 fully saturated rings. The van der Waals surface area contributed by atoms with Crippen molar-refractivity contribution in [1.29, 1.82) is 0 Å². The summed E-state index contributed by atoms with van der Waals surface area (Å²) >= 11 is 0. The van der Waals surface area contributed by atoms with Gasteiger partial charge in [-0.1, -0.05) is 30.3 Å². The van der Waals surface area contributed by atoms with E-state index in [2.05, 4.69) is 27.3 Å². The molecule has 2 aromatic rings. The van der Waals surface area contributed by atoms with Crippen LogP contribution in [0.4, 0.5) is 0 Å². The van der Waals surface area contributed by atoms with Crippen molar-refractivity contribution in [2.24, 2.45) is 4.99 Å². The quantitative estimate of drug-likeness (QED) is 0.424. The Morgan fingerprint density at radius 1 is 1.08 bits per heavy atom. The number of benzene rings is 1. The number of aliphatic imine (C=N–C) groups is 1. The fourth-order valence-electron chi connectivity index (χ4n) is 2.31. The molecular weight excluding hydrogens is 415 g/mol. The maximum atomic E-state index is 5.54. The summed E-state index contributed by atoms with van der Waals surface area (Å²) in [6, 6.07) is 14.3. The minimum Gasteiger partial charge on any atom is -0.468 e. The molecule has 0 aliphatic rings. The highest BCUT2D eigenvalue weighted by Gasteiger charge is 2.17. The number of likely N-dealkylation sites (N-methyl/N-ethyl adjacent to an activating group) is 1. The molecule has 1 atom stereocenters. The molecule has 0 saturated carbocycles. The molecule has 0 aliphatic carbocycles. The SMILES string of the molecule is CN(C)C(=NCc1ccccc1)NCC(c1ccco1)N(C)C.I. The Balaban J connectivity index is 0.00000288. The van der Waals surface area contributed by atoms with Crippen LogP contribution in [0.1, 0.15) is 17.4 Å². The normalized spacial score (nSPS) is 12.6. The Morgan fingerprint density at radius 3 is 2.33 bits per heavy atom. The highest BCUT2D eigenvalue weighted by Crippen LogP contribution is 2.17. The van der Waals surface area contributed by atoms with E-state index in [4.69, 9.17) is 4.42 Å². The number of hydrogen-bond acceptors (Lipinski definition) is 3. The number of guanidine groups is 1. The lowest BCUT2D eigenvalue weighted by Gasteiger charge is -2.25. The standard InChI is InChI=1S/C18H26N4O.HI/c1-21(2)16(17-11-8-12-23-17)14-20-18(22(3)4)19-13-15-9-6-5-7-10-15;/h5-12,16H,13-14H2,1-4H3,(H,19,20);1H. The van der Waals surface area contributed by atoms with Crippen LogP contribution >= 0.6 is 24.0 Å². The first-order chi connectivity index (χ1) is 11.1. The van der Waals surface area contributed by atoms with Crippen molar-refractivity contribution in [3.8, 4) is 0 Å². The van der Waals surface area contributed by atoms with Gasteiger partial charge in [0.2, 0.25) is 0 Å². The summed E-state index contributed by atoms with van der Waals surface area (Å²) in [6.45, 7) is 1.39. The van der Waals surface area contributed by atoms with Crippen molar-refractivity contribution in [2.45, 2.75) is 12.6 Å². The predicted octanol–water partition coefficient (Wildman–Crippen LogP) is 3.21. The highest BCUT2D eigenvalue weighted by molar-refractivity contribution is 14.0. The number of hydrogen-bond donors (Lipinski definition) is 1. The van der Waals surface area contributed by atoms with Gasteiger partial charge in [-0.2, -0.15) is 0 Å². The maximum Gasteiger partial charge on any atom is 0.193 e. The molecule has 5 nitrogen and oxygen atoms in total. The zero-order valence-electron chi connectivity index (χ0n) is 14.8. The van der Waals surface area contributed by atoms with Crippen LogP contribution in [0.5, 0.6) is 0 Å². The Labute approximate surface area is 161 Å². The summed E-state index contributed by atoms with van der Waals surface area (Å²) in [5, 5.41) is 3.43. The van der Waals surface area contributed by atoms with Gasteiger partial charge in [-0.25, -0.2) is 4.99 Å². The Kier molecular flexibility index (Phi) is 8.84. The van der Waals surface area contributed by atoms with E-state index < -0.39 is 0 Å². The molecule has 1 N–H and O–H groups in total. The molecule has 24 heavy (non-hydrogen) atoms. The number of furan rings is 1. The molecule has 1 unspecified atom stereocenters. The van der Waals surface area contributed by atoms with Crippen LogP contribution in [0.2, 0.25) is 0 Å². The third-order valence-electron chi connectivity index (χ3n) is 3.63. The van der Waals surface area contributed by atoms with E-state index in [-0.39, 0.29) is 30.0 Å². The molecule has 0 saturated heterocycles. The molecule has 1 aromatic heterocycles. The van der Waals surface area contributed by atoms with E-state index in [1.165, 1.54) is 5.56 Å². The zero-order chi connectivity index (χ0) is 16.7. The van der Waals surface area contributed by atoms with E-state index in [9.17, 15) is 0 Å². The molecule has 2 rings (SSSR count). The summed E-state index contributed by atoms with van der Waals surface area (Å²) in [5.41, 5.74) is 1.20. The topological polar surface area (TPSA) is 44.0 Å². The van der Waals surface area contributed by atoms with Gasteiger partial charge in [0.1, 0.15) is 5.76 Å². The molecule has 1 aromatic carbocycles. The van der Waals surface area contributed by atoms with Gasteiger partial charge in [-0.05, 0) is 31.8 Å². The molecule has 0 spiro atoms. The average molecular weight is 442 g/mol. The third-order valence-corrected chi connectivity index (χ3v) is 3.63. The van der Waals surface area contributed by atoms with Crippen molar-refractivity contribution in [2.75, 3.05) is 34.7 Å². The van der Waals surface area contributed by atoms with Gasteiger partial charge in [-0.15, -0.1) is 24.0 Å². The first-order valence-corrected chi connectivity index (χ1v) is 7.77. The summed E-state index contributed by atoms with van der Waals surface area (Å²) in [6.07, 6.45) is 1.71. The second-order valence-corrected chi connectivity index (χ2v) is 5.90. The highest BCUT2D eigenvalue weighted by atomic mass is 127. The molecule has 0 aliphatic heterocycles. The molecule has 0 amide bonds. The van der Waals surface area contributed by atoms with Crippen molar-refractivity contribution in [3.05, 3.63) is 60.1 Å². The van der Waals surface area contributed by atoms with Crippen LogP contribution in [0, 0.1) is 0 Å². The van der Waals surface area contributed by atoms with Gasteiger partial charge in [0.25, 0.3) is 0 Å². The van der Waals surface area contributed by atoms with Crippen molar-refractivity contribution in [3.63, 3.8) is 0 Å². The van der Waals surface area contributed by atoms with E-state index in [1.54, 1.807) is 6.26 Å². The van der Waals surface area contributed by atoms with Gasteiger partial charge in [0.05, 0.1) is 18.8 Å². The van der Waals surface area contributed by atoms with Gasteiger partial charge < -0.3 is 14.6 Å². The smallest absolute Gasteiger partial charge is 0.193 e. The van der Waals surface area contributed by atoms with E-state index >= 15 is 0 Å². The lowest BCUT2D eigenvalue weighted by atomic mass is 10.2. The average Bonchev–Trinajstić information content (AvgIpc) is 3.05. The van der Waals surface area contributed by atoms with Crippen LogP contribution < -0.4 is 5.32 Å². The number of nitrogens with zero attached hydrogens (tertiary/aromatic N) is 3. The Bertz CT molecular complexity index is 597. The van der Waals surface area contributed by atoms with Crippen LogP contribution in [0.15, 0.2) is 58.1 Å². The molecule has 0 bridgehead atoms. The van der Waals surface area contributed by atoms with E-state index in [0.717, 1.165) is 18.3 Å². The minimum absolute atomic E-state index is 0. The van der Waals surface area contributed by atoms with Crippen LogP contribution in [-0.4, -0.2) is 50.5 Å². The first-order valence-electron chi connectivity index (χ1n) is 7.77. The van der Waals surface area contributed by atoms with Gasteiger partial charge in [0, 0.05) is 20.6 Å². The van der Waals surface area contributed by atoms with Gasteiger partial charge >= 0.3 is 0 Å². The van der Waals surface area contributed by atoms with E-state index in [0.29, 0.717) is 6.54 Å². The fourth-order valence-corrected chi connectivity index (χ4v) is 2.31. The number of nitrogens with one attached hydrogen (secondary N) is 1. The first kappa shape index (κ1) is 20.5. The largest absolute Gasteiger partial charge is 0.468 e. The summed E-state index contributed by atoms with van der Waals surface area (Å²) in [5.74, 6) is 1.82. The van der Waals surface area contributed by atoms with Gasteiger partial charge in [0.15, 0.2) is 5.96 Å². The Hall–Kier alpha value is -1.54. The fraction of sp³-hybridized carbons (Fsp3) is 0.389. The molecule has 132 valence electrons. The zero-order valence-corrected chi connectivity index (χ0v) is 17.1. The predicted molar refractivity (Wildman–Crippen MR) is 110 cm³/mol. The molecule has 0 radical (unpaired) electrons. The van der Waals surface area contributed by atoms with Crippen molar-refractivity contribution >= 4 is 29.9 Å². The summed E-state index contributed by atoms with van der Waals surface area (Å²) in [7, 11) is 8.08. The molecular formula is C18H27IN4O. The number of rotatable bonds is 6. The monoisotopic (exact) mass is 442 g/mol. The van der Waals surface area contributed by atoms with Crippen LogP contribution in [0.25, 0.3) is 0 Å². The van der Waals surface area contributed by atoms with Crippen LogP contribution in [-0.2, 0) is 6.54 Å². The van der Waals surface area contributed by atoms with Crippen molar-refractivity contribution < 1.29 is 4.42 Å². The van der Waals surface area contributed by atoms with Gasteiger partial charge in [-0.3, -0.25) is 4.90 Å². The summed E-state index contributed by atoms with van der Waals surface area (Å²) < 4.78 is 5.54. The number of halogens is 1. The molecule has 6 heteroatoms. The maximum absolute atomic E-state index is 5.54. The second-order valence-electron chi connectivity index (χ2n) is 5.90. The van der Waals surface area contributed by atoms with Crippen LogP contribution in [0.3, 0.4) is 0 Å². The minimum atomic E-state index is 0. The lowest BCUT2D eigenvalue weighted by molar-refractivity contribution is 0.257. The molecule has 1 heterocycles. The van der Waals surface area contributed by atoms with Crippen molar-refractivity contribution in [1.82, 2.24) is 15.1 Å². The summed E-state index contributed by atoms with van der Waals surface area (Å²) in [4.78, 5) is 8.82.